The highest BCUT2D eigenvalue weighted by Gasteiger charge is 2.20. The van der Waals surface area contributed by atoms with Crippen molar-refractivity contribution < 1.29 is 4.79 Å². The van der Waals surface area contributed by atoms with E-state index < -0.39 is 0 Å². The maximum atomic E-state index is 12.0. The molecule has 0 aromatic carbocycles. The average Bonchev–Trinajstić information content (AvgIpc) is 2.78. The Morgan fingerprint density at radius 1 is 1.50 bits per heavy atom. The van der Waals surface area contributed by atoms with Crippen LogP contribution in [0.4, 0.5) is 0 Å². The molecule has 2 rings (SSSR count). The van der Waals surface area contributed by atoms with Gasteiger partial charge in [-0.1, -0.05) is 26.0 Å². The molecule has 1 amide bonds. The quantitative estimate of drug-likeness (QED) is 0.765. The van der Waals surface area contributed by atoms with Gasteiger partial charge < -0.3 is 4.90 Å². The largest absolute Gasteiger partial charge is 0.332 e. The van der Waals surface area contributed by atoms with Crippen LogP contribution in [0, 0.1) is 0 Å². The van der Waals surface area contributed by atoms with Gasteiger partial charge in [-0.3, -0.25) is 9.89 Å². The van der Waals surface area contributed by atoms with Gasteiger partial charge in [0.05, 0.1) is 0 Å². The summed E-state index contributed by atoms with van der Waals surface area (Å²) >= 11 is 0. The highest BCUT2D eigenvalue weighted by Crippen LogP contribution is 2.10. The molecule has 0 radical (unpaired) electrons. The van der Waals surface area contributed by atoms with Crippen LogP contribution < -0.4 is 0 Å². The third-order valence-electron chi connectivity index (χ3n) is 2.59. The molecule has 0 saturated heterocycles. The van der Waals surface area contributed by atoms with Gasteiger partial charge in [0.25, 0.3) is 5.91 Å². The lowest BCUT2D eigenvalue weighted by molar-refractivity contribution is 0.0759. The van der Waals surface area contributed by atoms with Gasteiger partial charge in [-0.25, -0.2) is 4.98 Å². The molecule has 0 aliphatic carbocycles. The van der Waals surface area contributed by atoms with E-state index in [0.717, 1.165) is 18.8 Å². The van der Waals surface area contributed by atoms with Gasteiger partial charge in [0.1, 0.15) is 5.82 Å². The summed E-state index contributed by atoms with van der Waals surface area (Å²) in [5.74, 6) is 1.21. The zero-order valence-corrected chi connectivity index (χ0v) is 9.60. The molecule has 16 heavy (non-hydrogen) atoms. The van der Waals surface area contributed by atoms with Gasteiger partial charge in [0, 0.05) is 19.0 Å². The Balaban J connectivity index is 2.11. The lowest BCUT2D eigenvalue weighted by atomic mass is 10.2. The number of rotatable bonds is 2. The topological polar surface area (TPSA) is 61.9 Å². The highest BCUT2D eigenvalue weighted by atomic mass is 16.2. The molecule has 0 fully saturated rings. The first-order valence-corrected chi connectivity index (χ1v) is 5.55. The summed E-state index contributed by atoms with van der Waals surface area (Å²) in [6.07, 6.45) is 4.99. The molecule has 0 saturated carbocycles. The zero-order chi connectivity index (χ0) is 11.5. The summed E-state index contributed by atoms with van der Waals surface area (Å²) in [4.78, 5) is 17.9. The van der Waals surface area contributed by atoms with E-state index in [4.69, 9.17) is 0 Å². The second-order valence-electron chi connectivity index (χ2n) is 4.21. The predicted octanol–water partition coefficient (Wildman–Crippen LogP) is 1.33. The summed E-state index contributed by atoms with van der Waals surface area (Å²) in [7, 11) is 0. The molecule has 1 aliphatic heterocycles. The Bertz CT molecular complexity index is 408. The van der Waals surface area contributed by atoms with E-state index in [0.29, 0.717) is 6.54 Å². The first-order chi connectivity index (χ1) is 7.68. The number of aromatic amines is 1. The number of carbonyl (C=O) groups is 1. The molecule has 5 nitrogen and oxygen atoms in total. The molecule has 0 bridgehead atoms. The van der Waals surface area contributed by atoms with Crippen molar-refractivity contribution in [1.29, 1.82) is 0 Å². The normalized spacial score (nSPS) is 15.8. The van der Waals surface area contributed by atoms with Gasteiger partial charge in [0.15, 0.2) is 0 Å². The van der Waals surface area contributed by atoms with Gasteiger partial charge in [-0.15, -0.1) is 5.10 Å². The SMILES string of the molecule is CC(C)c1nc(C(=O)N2CC=CCC2)n[nH]1. The highest BCUT2D eigenvalue weighted by molar-refractivity contribution is 5.90. The van der Waals surface area contributed by atoms with Crippen molar-refractivity contribution in [3.05, 3.63) is 23.8 Å². The number of amides is 1. The van der Waals surface area contributed by atoms with Gasteiger partial charge in [0.2, 0.25) is 5.82 Å². The molecule has 5 heteroatoms. The number of aromatic nitrogens is 3. The Morgan fingerprint density at radius 3 is 2.88 bits per heavy atom. The lowest BCUT2D eigenvalue weighted by Crippen LogP contribution is -2.34. The Hall–Kier alpha value is -1.65. The van der Waals surface area contributed by atoms with Crippen LogP contribution in [0.3, 0.4) is 0 Å². The number of nitrogens with zero attached hydrogens (tertiary/aromatic N) is 3. The average molecular weight is 220 g/mol. The summed E-state index contributed by atoms with van der Waals surface area (Å²) < 4.78 is 0. The Labute approximate surface area is 94.6 Å². The minimum atomic E-state index is -0.0903. The Morgan fingerprint density at radius 2 is 2.31 bits per heavy atom. The standard InChI is InChI=1S/C11H16N4O/c1-8(2)9-12-10(14-13-9)11(16)15-6-4-3-5-7-15/h3-4,8H,5-7H2,1-2H3,(H,12,13,14). The molecule has 1 aromatic heterocycles. The summed E-state index contributed by atoms with van der Waals surface area (Å²) in [6, 6.07) is 0. The smallest absolute Gasteiger partial charge is 0.293 e. The molecular formula is C11H16N4O. The third kappa shape index (κ3) is 2.13. The summed E-state index contributed by atoms with van der Waals surface area (Å²) in [6.45, 7) is 5.43. The van der Waals surface area contributed by atoms with Crippen LogP contribution in [0.1, 0.15) is 42.6 Å². The van der Waals surface area contributed by atoms with Crippen LogP contribution in [0.5, 0.6) is 0 Å². The van der Waals surface area contributed by atoms with E-state index in [2.05, 4.69) is 21.3 Å². The number of H-pyrrole nitrogens is 1. The second kappa shape index (κ2) is 4.47. The van der Waals surface area contributed by atoms with Crippen molar-refractivity contribution in [2.75, 3.05) is 13.1 Å². The van der Waals surface area contributed by atoms with E-state index in [1.807, 2.05) is 19.9 Å². The van der Waals surface area contributed by atoms with Crippen LogP contribution in [0.15, 0.2) is 12.2 Å². The van der Waals surface area contributed by atoms with E-state index in [1.54, 1.807) is 4.90 Å². The molecular weight excluding hydrogens is 204 g/mol. The second-order valence-corrected chi connectivity index (χ2v) is 4.21. The third-order valence-corrected chi connectivity index (χ3v) is 2.59. The molecule has 0 unspecified atom stereocenters. The fourth-order valence-electron chi connectivity index (χ4n) is 1.60. The molecule has 1 N–H and O–H groups in total. The lowest BCUT2D eigenvalue weighted by Gasteiger charge is -2.21. The molecule has 86 valence electrons. The first kappa shape index (κ1) is 10.9. The molecule has 1 aromatic rings. The summed E-state index contributed by atoms with van der Waals surface area (Å²) in [5, 5.41) is 6.76. The van der Waals surface area contributed by atoms with Crippen LogP contribution in [0.2, 0.25) is 0 Å². The molecule has 2 heterocycles. The minimum Gasteiger partial charge on any atom is -0.332 e. The number of nitrogens with one attached hydrogen (secondary N) is 1. The fraction of sp³-hybridized carbons (Fsp3) is 0.545. The van der Waals surface area contributed by atoms with Crippen molar-refractivity contribution in [2.24, 2.45) is 0 Å². The van der Waals surface area contributed by atoms with E-state index in [1.165, 1.54) is 0 Å². The summed E-state index contributed by atoms with van der Waals surface area (Å²) in [5.41, 5.74) is 0. The van der Waals surface area contributed by atoms with Gasteiger partial charge in [-0.05, 0) is 6.42 Å². The van der Waals surface area contributed by atoms with Crippen LogP contribution in [-0.2, 0) is 0 Å². The minimum absolute atomic E-state index is 0.0903. The molecule has 0 spiro atoms. The van der Waals surface area contributed by atoms with Crippen molar-refractivity contribution >= 4 is 5.91 Å². The van der Waals surface area contributed by atoms with Crippen molar-refractivity contribution in [3.8, 4) is 0 Å². The predicted molar refractivity (Wildman–Crippen MR) is 60.1 cm³/mol. The first-order valence-electron chi connectivity index (χ1n) is 5.55. The molecule has 0 atom stereocenters. The van der Waals surface area contributed by atoms with E-state index in [-0.39, 0.29) is 17.6 Å². The van der Waals surface area contributed by atoms with Gasteiger partial charge in [-0.2, -0.15) is 0 Å². The molecule has 1 aliphatic rings. The van der Waals surface area contributed by atoms with E-state index >= 15 is 0 Å². The van der Waals surface area contributed by atoms with Gasteiger partial charge >= 0.3 is 0 Å². The zero-order valence-electron chi connectivity index (χ0n) is 9.60. The Kier molecular flexibility index (Phi) is 3.03. The maximum Gasteiger partial charge on any atom is 0.293 e. The van der Waals surface area contributed by atoms with Crippen molar-refractivity contribution in [1.82, 2.24) is 20.1 Å². The van der Waals surface area contributed by atoms with E-state index in [9.17, 15) is 4.79 Å². The van der Waals surface area contributed by atoms with Crippen molar-refractivity contribution in [3.63, 3.8) is 0 Å². The van der Waals surface area contributed by atoms with Crippen LogP contribution in [0.25, 0.3) is 0 Å². The van der Waals surface area contributed by atoms with Crippen LogP contribution >= 0.6 is 0 Å². The monoisotopic (exact) mass is 220 g/mol. The van der Waals surface area contributed by atoms with Crippen LogP contribution in [-0.4, -0.2) is 39.1 Å². The number of hydrogen-bond donors (Lipinski definition) is 1. The fourth-order valence-corrected chi connectivity index (χ4v) is 1.60. The maximum absolute atomic E-state index is 12.0. The number of carbonyl (C=O) groups excluding carboxylic acids is 1. The van der Waals surface area contributed by atoms with Crippen molar-refractivity contribution in [2.45, 2.75) is 26.2 Å². The number of hydrogen-bond acceptors (Lipinski definition) is 3.